The molecule has 0 spiro atoms. The lowest BCUT2D eigenvalue weighted by Gasteiger charge is -2.00. The standard InChI is InChI=1S/C9H13N.2C2H6/c1-4-9-6-5-7(2)8(3)10-9;2*1-2/h5-6H,4H2,1-3H3;2*1-2H3. The minimum atomic E-state index is 1.03. The lowest BCUT2D eigenvalue weighted by Crippen LogP contribution is -1.91. The molecule has 0 aliphatic heterocycles. The molecule has 0 saturated carbocycles. The van der Waals surface area contributed by atoms with Crippen LogP contribution in [0.2, 0.25) is 0 Å². The molecule has 14 heavy (non-hydrogen) atoms. The predicted molar refractivity (Wildman–Crippen MR) is 65.8 cm³/mol. The van der Waals surface area contributed by atoms with E-state index in [4.69, 9.17) is 0 Å². The maximum absolute atomic E-state index is 4.39. The van der Waals surface area contributed by atoms with Crippen LogP contribution in [0.5, 0.6) is 0 Å². The van der Waals surface area contributed by atoms with Crippen LogP contribution >= 0.6 is 0 Å². The number of nitrogens with zero attached hydrogens (tertiary/aromatic N) is 1. The highest BCUT2D eigenvalue weighted by molar-refractivity contribution is 5.20. The van der Waals surface area contributed by atoms with Crippen molar-refractivity contribution in [1.29, 1.82) is 0 Å². The van der Waals surface area contributed by atoms with E-state index in [9.17, 15) is 0 Å². The summed E-state index contributed by atoms with van der Waals surface area (Å²) in [5.74, 6) is 0. The molecule has 0 amide bonds. The van der Waals surface area contributed by atoms with Crippen molar-refractivity contribution in [2.75, 3.05) is 0 Å². The largest absolute Gasteiger partial charge is 0.258 e. The number of aryl methyl sites for hydroxylation is 3. The number of hydrogen-bond donors (Lipinski definition) is 0. The molecule has 1 aromatic heterocycles. The van der Waals surface area contributed by atoms with Crippen molar-refractivity contribution in [3.8, 4) is 0 Å². The van der Waals surface area contributed by atoms with E-state index in [2.05, 4.69) is 37.9 Å². The van der Waals surface area contributed by atoms with Gasteiger partial charge in [0.2, 0.25) is 0 Å². The van der Waals surface area contributed by atoms with Gasteiger partial charge >= 0.3 is 0 Å². The Balaban J connectivity index is 0. The summed E-state index contributed by atoms with van der Waals surface area (Å²) in [5.41, 5.74) is 3.61. The van der Waals surface area contributed by atoms with Crippen LogP contribution in [0.1, 0.15) is 51.6 Å². The average molecular weight is 195 g/mol. The van der Waals surface area contributed by atoms with Gasteiger partial charge in [-0.3, -0.25) is 4.98 Å². The van der Waals surface area contributed by atoms with Crippen LogP contribution in [-0.2, 0) is 6.42 Å². The second-order valence-electron chi connectivity index (χ2n) is 2.56. The maximum atomic E-state index is 4.39. The number of hydrogen-bond acceptors (Lipinski definition) is 1. The Morgan fingerprint density at radius 1 is 1.00 bits per heavy atom. The summed E-state index contributed by atoms with van der Waals surface area (Å²) in [4.78, 5) is 4.39. The zero-order valence-corrected chi connectivity index (χ0v) is 10.8. The molecule has 82 valence electrons. The molecule has 1 heteroatoms. The van der Waals surface area contributed by atoms with E-state index in [1.807, 2.05) is 27.7 Å². The average Bonchev–Trinajstić information content (AvgIpc) is 2.28. The Hall–Kier alpha value is -0.850. The van der Waals surface area contributed by atoms with Gasteiger partial charge in [-0.25, -0.2) is 0 Å². The molecule has 0 fully saturated rings. The van der Waals surface area contributed by atoms with Gasteiger partial charge in [0.15, 0.2) is 0 Å². The van der Waals surface area contributed by atoms with Crippen LogP contribution in [-0.4, -0.2) is 4.98 Å². The Labute approximate surface area is 89.6 Å². The molecule has 0 unspecified atom stereocenters. The second-order valence-corrected chi connectivity index (χ2v) is 2.56. The highest BCUT2D eigenvalue weighted by atomic mass is 14.7. The lowest BCUT2D eigenvalue weighted by molar-refractivity contribution is 0.993. The molecule has 0 aliphatic rings. The summed E-state index contributed by atoms with van der Waals surface area (Å²) >= 11 is 0. The summed E-state index contributed by atoms with van der Waals surface area (Å²) in [6.07, 6.45) is 1.03. The van der Waals surface area contributed by atoms with E-state index in [-0.39, 0.29) is 0 Å². The molecular formula is C13H25N. The van der Waals surface area contributed by atoms with E-state index in [1.165, 1.54) is 11.3 Å². The van der Waals surface area contributed by atoms with Gasteiger partial charge in [-0.15, -0.1) is 0 Å². The third-order valence-electron chi connectivity index (χ3n) is 1.77. The first kappa shape index (κ1) is 15.6. The predicted octanol–water partition coefficient (Wildman–Crippen LogP) is 4.31. The van der Waals surface area contributed by atoms with Crippen LogP contribution in [0.3, 0.4) is 0 Å². The van der Waals surface area contributed by atoms with Gasteiger partial charge < -0.3 is 0 Å². The van der Waals surface area contributed by atoms with Gasteiger partial charge in [-0.1, -0.05) is 40.7 Å². The molecule has 1 heterocycles. The Morgan fingerprint density at radius 2 is 1.50 bits per heavy atom. The smallest absolute Gasteiger partial charge is 0.0405 e. The third-order valence-corrected chi connectivity index (χ3v) is 1.77. The fourth-order valence-electron chi connectivity index (χ4n) is 0.880. The maximum Gasteiger partial charge on any atom is 0.0405 e. The van der Waals surface area contributed by atoms with Crippen LogP contribution in [0.15, 0.2) is 12.1 Å². The van der Waals surface area contributed by atoms with Crippen LogP contribution in [0.4, 0.5) is 0 Å². The number of pyridine rings is 1. The fourth-order valence-corrected chi connectivity index (χ4v) is 0.880. The zero-order chi connectivity index (χ0) is 11.6. The summed E-state index contributed by atoms with van der Waals surface area (Å²) < 4.78 is 0. The van der Waals surface area contributed by atoms with E-state index < -0.39 is 0 Å². The molecule has 1 aromatic rings. The second kappa shape index (κ2) is 10.2. The molecule has 0 radical (unpaired) electrons. The Kier molecular flexibility index (Phi) is 11.4. The van der Waals surface area contributed by atoms with Crippen molar-refractivity contribution in [2.45, 2.75) is 54.9 Å². The van der Waals surface area contributed by atoms with Crippen molar-refractivity contribution in [3.63, 3.8) is 0 Å². The first-order valence-corrected chi connectivity index (χ1v) is 5.67. The first-order valence-electron chi connectivity index (χ1n) is 5.67. The van der Waals surface area contributed by atoms with E-state index in [0.29, 0.717) is 0 Å². The van der Waals surface area contributed by atoms with Crippen LogP contribution in [0.25, 0.3) is 0 Å². The summed E-state index contributed by atoms with van der Waals surface area (Å²) in [6, 6.07) is 4.21. The minimum absolute atomic E-state index is 1.03. The summed E-state index contributed by atoms with van der Waals surface area (Å²) in [5, 5.41) is 0. The number of rotatable bonds is 1. The van der Waals surface area contributed by atoms with Crippen LogP contribution < -0.4 is 0 Å². The van der Waals surface area contributed by atoms with Crippen molar-refractivity contribution in [2.24, 2.45) is 0 Å². The van der Waals surface area contributed by atoms with Gasteiger partial charge in [0.1, 0.15) is 0 Å². The molecule has 1 rings (SSSR count). The molecule has 0 bridgehead atoms. The topological polar surface area (TPSA) is 12.9 Å². The van der Waals surface area contributed by atoms with Gasteiger partial charge in [0, 0.05) is 11.4 Å². The van der Waals surface area contributed by atoms with Crippen molar-refractivity contribution in [3.05, 3.63) is 29.1 Å². The highest BCUT2D eigenvalue weighted by Crippen LogP contribution is 2.04. The van der Waals surface area contributed by atoms with Gasteiger partial charge in [-0.2, -0.15) is 0 Å². The Bertz CT molecular complexity index is 229. The third kappa shape index (κ3) is 5.74. The quantitative estimate of drug-likeness (QED) is 0.650. The monoisotopic (exact) mass is 195 g/mol. The lowest BCUT2D eigenvalue weighted by atomic mass is 10.2. The summed E-state index contributed by atoms with van der Waals surface area (Å²) in [7, 11) is 0. The molecular weight excluding hydrogens is 170 g/mol. The van der Waals surface area contributed by atoms with E-state index in [0.717, 1.165) is 12.1 Å². The zero-order valence-electron chi connectivity index (χ0n) is 10.8. The van der Waals surface area contributed by atoms with Gasteiger partial charge in [-0.05, 0) is 31.9 Å². The fraction of sp³-hybridized carbons (Fsp3) is 0.615. The van der Waals surface area contributed by atoms with Crippen molar-refractivity contribution < 1.29 is 0 Å². The molecule has 0 aromatic carbocycles. The number of aromatic nitrogens is 1. The van der Waals surface area contributed by atoms with Gasteiger partial charge in [0.05, 0.1) is 0 Å². The molecule has 0 N–H and O–H groups in total. The molecule has 0 aliphatic carbocycles. The highest BCUT2D eigenvalue weighted by Gasteiger charge is 1.93. The minimum Gasteiger partial charge on any atom is -0.258 e. The normalized spacial score (nSPS) is 7.93. The SMILES string of the molecule is CC.CC.CCc1ccc(C)c(C)n1. The van der Waals surface area contributed by atoms with Crippen molar-refractivity contribution in [1.82, 2.24) is 4.98 Å². The van der Waals surface area contributed by atoms with E-state index in [1.54, 1.807) is 0 Å². The summed E-state index contributed by atoms with van der Waals surface area (Å²) in [6.45, 7) is 14.3. The van der Waals surface area contributed by atoms with E-state index >= 15 is 0 Å². The molecule has 0 saturated heterocycles. The van der Waals surface area contributed by atoms with Crippen molar-refractivity contribution >= 4 is 0 Å². The first-order chi connectivity index (χ1) is 6.74. The Morgan fingerprint density at radius 3 is 1.86 bits per heavy atom. The molecule has 0 atom stereocenters. The van der Waals surface area contributed by atoms with Crippen LogP contribution in [0, 0.1) is 13.8 Å². The molecule has 1 nitrogen and oxygen atoms in total. The van der Waals surface area contributed by atoms with Gasteiger partial charge in [0.25, 0.3) is 0 Å².